The highest BCUT2D eigenvalue weighted by molar-refractivity contribution is 6.15. The fourth-order valence-corrected chi connectivity index (χ4v) is 13.4. The third-order valence-corrected chi connectivity index (χ3v) is 15.7. The molecule has 0 saturated heterocycles. The van der Waals surface area contributed by atoms with Gasteiger partial charge in [0.25, 0.3) is 0 Å². The van der Waals surface area contributed by atoms with Crippen molar-refractivity contribution in [2.75, 3.05) is 0 Å². The zero-order valence-corrected chi connectivity index (χ0v) is 34.4. The minimum absolute atomic E-state index is 0.136. The third-order valence-electron chi connectivity index (χ3n) is 15.7. The quantitative estimate of drug-likeness (QED) is 0.174. The number of hydrogen-bond donors (Lipinski definition) is 0. The lowest BCUT2D eigenvalue weighted by molar-refractivity contribution is -0.0399. The first kappa shape index (κ1) is 34.7. The fourth-order valence-electron chi connectivity index (χ4n) is 13.4. The van der Waals surface area contributed by atoms with Crippen LogP contribution in [-0.2, 0) is 5.41 Å². The summed E-state index contributed by atoms with van der Waals surface area (Å²) < 4.78 is 0. The maximum atomic E-state index is 5.23. The van der Waals surface area contributed by atoms with Crippen molar-refractivity contribution in [2.45, 2.75) is 37.5 Å². The second-order valence-electron chi connectivity index (χ2n) is 18.7. The number of aromatic nitrogens is 3. The number of hydrogen-bond acceptors (Lipinski definition) is 3. The monoisotopic (exact) mass is 793 g/mol. The number of nitrogens with zero attached hydrogens (tertiary/aromatic N) is 3. The molecule has 15 rings (SSSR count). The van der Waals surface area contributed by atoms with Crippen LogP contribution in [0.5, 0.6) is 0 Å². The molecule has 0 radical (unpaired) electrons. The summed E-state index contributed by atoms with van der Waals surface area (Å²) in [6, 6.07) is 64.7. The van der Waals surface area contributed by atoms with Crippen molar-refractivity contribution < 1.29 is 0 Å². The molecule has 294 valence electrons. The van der Waals surface area contributed by atoms with Gasteiger partial charge in [-0.1, -0.05) is 164 Å². The van der Waals surface area contributed by atoms with Crippen molar-refractivity contribution >= 4 is 10.8 Å². The van der Waals surface area contributed by atoms with Crippen LogP contribution in [0, 0.1) is 23.7 Å². The van der Waals surface area contributed by atoms with Gasteiger partial charge in [-0.05, 0) is 145 Å². The van der Waals surface area contributed by atoms with Gasteiger partial charge in [0.05, 0.1) is 0 Å². The lowest BCUT2D eigenvalue weighted by atomic mass is 9.43. The summed E-state index contributed by atoms with van der Waals surface area (Å²) >= 11 is 0. The molecule has 8 aromatic carbocycles. The largest absolute Gasteiger partial charge is 0.208 e. The average Bonchev–Trinajstić information content (AvgIpc) is 3.82. The van der Waals surface area contributed by atoms with Crippen LogP contribution >= 0.6 is 0 Å². The lowest BCUT2D eigenvalue weighted by Crippen LogP contribution is -2.55. The molecule has 0 atom stereocenters. The Labute approximate surface area is 362 Å². The average molecular weight is 794 g/mol. The number of benzene rings is 8. The zero-order chi connectivity index (χ0) is 40.5. The SMILES string of the molecule is c1ccc(-c2nc(-c3ccc(-c4ccc5c(c4)-c4cccc6cccc-5c46)cc3)nc(-c3cccc(-c4cccc5c4-c4ccccc4C54C5CC6CC(C5)CC4C6)c3)n2)cc1. The first-order valence-electron chi connectivity index (χ1n) is 22.6. The summed E-state index contributed by atoms with van der Waals surface area (Å²) in [5, 5.41) is 2.65. The highest BCUT2D eigenvalue weighted by atomic mass is 15.0. The molecule has 3 heteroatoms. The third kappa shape index (κ3) is 4.91. The second-order valence-corrected chi connectivity index (χ2v) is 18.7. The summed E-state index contributed by atoms with van der Waals surface area (Å²) in [4.78, 5) is 15.5. The number of fused-ring (bicyclic) bond motifs is 6. The summed E-state index contributed by atoms with van der Waals surface area (Å²) in [5.41, 5.74) is 19.2. The van der Waals surface area contributed by atoms with E-state index in [9.17, 15) is 0 Å². The molecular weight excluding hydrogens is 751 g/mol. The molecule has 0 amide bonds. The first-order valence-corrected chi connectivity index (χ1v) is 22.6. The van der Waals surface area contributed by atoms with Crippen LogP contribution in [0.25, 0.3) is 101 Å². The van der Waals surface area contributed by atoms with Crippen molar-refractivity contribution in [3.8, 4) is 89.8 Å². The normalized spacial score (nSPS) is 21.9. The molecule has 6 aliphatic rings. The maximum absolute atomic E-state index is 5.23. The predicted octanol–water partition coefficient (Wildman–Crippen LogP) is 14.7. The van der Waals surface area contributed by atoms with Crippen LogP contribution in [0.15, 0.2) is 176 Å². The minimum Gasteiger partial charge on any atom is -0.208 e. The van der Waals surface area contributed by atoms with Crippen molar-refractivity contribution in [3.63, 3.8) is 0 Å². The summed E-state index contributed by atoms with van der Waals surface area (Å²) in [6.45, 7) is 0. The van der Waals surface area contributed by atoms with Gasteiger partial charge in [0.2, 0.25) is 0 Å². The molecule has 4 fully saturated rings. The van der Waals surface area contributed by atoms with Crippen molar-refractivity contribution in [3.05, 3.63) is 187 Å². The standard InChI is InChI=1S/C59H43N3/c1-2-10-39(11-3-1)56-60-57(40-24-22-37(23-25-40)41-26-27-47-48-18-7-12-38-13-8-19-49(54(38)48)51(47)34-41)62-58(61-56)43-15-6-14-42(33-43)46-17-9-21-53-55(46)50-16-4-5-20-52(50)59(53)44-29-35-28-36(31-44)32-45(59)30-35/h1-27,33-36,44-45H,28-32H2. The second kappa shape index (κ2) is 13.0. The molecule has 62 heavy (non-hydrogen) atoms. The molecule has 1 aromatic heterocycles. The zero-order valence-electron chi connectivity index (χ0n) is 34.4. The van der Waals surface area contributed by atoms with Gasteiger partial charge >= 0.3 is 0 Å². The molecule has 1 heterocycles. The van der Waals surface area contributed by atoms with Crippen LogP contribution in [-0.4, -0.2) is 15.0 Å². The molecule has 6 aliphatic carbocycles. The van der Waals surface area contributed by atoms with Gasteiger partial charge in [-0.15, -0.1) is 0 Å². The summed E-state index contributed by atoms with van der Waals surface area (Å²) in [6.07, 6.45) is 7.00. The summed E-state index contributed by atoms with van der Waals surface area (Å²) in [5.74, 6) is 5.33. The van der Waals surface area contributed by atoms with E-state index in [-0.39, 0.29) is 5.41 Å². The summed E-state index contributed by atoms with van der Waals surface area (Å²) in [7, 11) is 0. The first-order chi connectivity index (χ1) is 30.7. The van der Waals surface area contributed by atoms with Gasteiger partial charge in [-0.2, -0.15) is 0 Å². The Bertz CT molecular complexity index is 3270. The van der Waals surface area contributed by atoms with E-state index in [1.165, 1.54) is 92.9 Å². The topological polar surface area (TPSA) is 38.7 Å². The van der Waals surface area contributed by atoms with E-state index in [0.29, 0.717) is 17.5 Å². The Morgan fingerprint density at radius 2 is 0.871 bits per heavy atom. The van der Waals surface area contributed by atoms with Crippen molar-refractivity contribution in [1.29, 1.82) is 0 Å². The molecule has 3 nitrogen and oxygen atoms in total. The highest BCUT2D eigenvalue weighted by Gasteiger charge is 2.61. The van der Waals surface area contributed by atoms with Gasteiger partial charge < -0.3 is 0 Å². The van der Waals surface area contributed by atoms with E-state index in [2.05, 4.69) is 158 Å². The fraction of sp³-hybridized carbons (Fsp3) is 0.169. The Balaban J connectivity index is 0.855. The Hall–Kier alpha value is -6.97. The molecule has 1 spiro atoms. The van der Waals surface area contributed by atoms with Crippen molar-refractivity contribution in [1.82, 2.24) is 15.0 Å². The van der Waals surface area contributed by atoms with Crippen molar-refractivity contribution in [2.24, 2.45) is 23.7 Å². The Morgan fingerprint density at radius 3 is 1.63 bits per heavy atom. The van der Waals surface area contributed by atoms with Crippen LogP contribution < -0.4 is 0 Å². The molecule has 4 bridgehead atoms. The predicted molar refractivity (Wildman–Crippen MR) is 252 cm³/mol. The lowest BCUT2D eigenvalue weighted by Gasteiger charge is -2.61. The smallest absolute Gasteiger partial charge is 0.164 e. The van der Waals surface area contributed by atoms with E-state index in [1.54, 1.807) is 11.1 Å². The van der Waals surface area contributed by atoms with Crippen LogP contribution in [0.3, 0.4) is 0 Å². The van der Waals surface area contributed by atoms with E-state index in [4.69, 9.17) is 15.0 Å². The van der Waals surface area contributed by atoms with E-state index in [0.717, 1.165) is 45.9 Å². The van der Waals surface area contributed by atoms with Gasteiger partial charge in [-0.3, -0.25) is 0 Å². The van der Waals surface area contributed by atoms with Crippen LogP contribution in [0.2, 0.25) is 0 Å². The van der Waals surface area contributed by atoms with Crippen LogP contribution in [0.4, 0.5) is 0 Å². The Kier molecular flexibility index (Phi) is 7.29. The highest BCUT2D eigenvalue weighted by Crippen LogP contribution is 2.70. The van der Waals surface area contributed by atoms with Gasteiger partial charge in [0.15, 0.2) is 17.5 Å². The molecule has 0 unspecified atom stereocenters. The molecular formula is C59H43N3. The number of rotatable bonds is 5. The van der Waals surface area contributed by atoms with Gasteiger partial charge in [-0.25, -0.2) is 15.0 Å². The van der Waals surface area contributed by atoms with Crippen LogP contribution in [0.1, 0.15) is 43.2 Å². The van der Waals surface area contributed by atoms with E-state index in [1.807, 2.05) is 18.2 Å². The molecule has 4 saturated carbocycles. The van der Waals surface area contributed by atoms with Gasteiger partial charge in [0, 0.05) is 22.1 Å². The Morgan fingerprint density at radius 1 is 0.339 bits per heavy atom. The molecule has 9 aromatic rings. The van der Waals surface area contributed by atoms with E-state index >= 15 is 0 Å². The maximum Gasteiger partial charge on any atom is 0.164 e. The molecule has 0 N–H and O–H groups in total. The van der Waals surface area contributed by atoms with Gasteiger partial charge in [0.1, 0.15) is 0 Å². The molecule has 0 aliphatic heterocycles. The van der Waals surface area contributed by atoms with E-state index < -0.39 is 0 Å². The minimum atomic E-state index is 0.136.